The van der Waals surface area contributed by atoms with Crippen LogP contribution >= 0.6 is 0 Å². The van der Waals surface area contributed by atoms with Gasteiger partial charge in [-0.2, -0.15) is 5.10 Å². The third kappa shape index (κ3) is 5.16. The van der Waals surface area contributed by atoms with Crippen LogP contribution in [0.4, 0.5) is 5.69 Å². The molecule has 0 aliphatic carbocycles. The maximum Gasteiger partial charge on any atom is 0.258 e. The zero-order valence-electron chi connectivity index (χ0n) is 15.7. The first-order chi connectivity index (χ1) is 13.5. The van der Waals surface area contributed by atoms with E-state index < -0.39 is 0 Å². The van der Waals surface area contributed by atoms with Crippen LogP contribution in [0.5, 0.6) is 5.75 Å². The Hall–Kier alpha value is -3.68. The zero-order valence-corrected chi connectivity index (χ0v) is 15.7. The van der Waals surface area contributed by atoms with Crippen molar-refractivity contribution in [3.05, 3.63) is 66.2 Å². The number of nitrogens with zero attached hydrogens (tertiary/aromatic N) is 3. The second-order valence-corrected chi connectivity index (χ2v) is 6.27. The molecule has 2 amide bonds. The Balaban J connectivity index is 1.43. The maximum atomic E-state index is 12.0. The molecule has 0 aliphatic heterocycles. The molecule has 1 aromatic heterocycles. The van der Waals surface area contributed by atoms with Crippen LogP contribution in [0.3, 0.4) is 0 Å². The normalized spacial score (nSPS) is 10.4. The van der Waals surface area contributed by atoms with Crippen molar-refractivity contribution in [1.29, 1.82) is 0 Å². The number of anilines is 1. The third-order valence-electron chi connectivity index (χ3n) is 3.97. The summed E-state index contributed by atoms with van der Waals surface area (Å²) in [6, 6.07) is 12.8. The average Bonchev–Trinajstić information content (AvgIpc) is 3.21. The molecule has 0 saturated carbocycles. The summed E-state index contributed by atoms with van der Waals surface area (Å²) < 4.78 is 7.11. The van der Waals surface area contributed by atoms with Crippen molar-refractivity contribution in [2.45, 2.75) is 13.8 Å². The van der Waals surface area contributed by atoms with Gasteiger partial charge in [0.1, 0.15) is 18.4 Å². The minimum atomic E-state index is -0.364. The van der Waals surface area contributed by atoms with Gasteiger partial charge >= 0.3 is 0 Å². The van der Waals surface area contributed by atoms with Gasteiger partial charge in [-0.1, -0.05) is 17.7 Å². The van der Waals surface area contributed by atoms with Crippen LogP contribution < -0.4 is 15.4 Å². The van der Waals surface area contributed by atoms with Gasteiger partial charge in [-0.3, -0.25) is 9.59 Å². The number of ether oxygens (including phenoxy) is 1. The van der Waals surface area contributed by atoms with E-state index in [0.29, 0.717) is 11.4 Å². The summed E-state index contributed by atoms with van der Waals surface area (Å²) in [6.45, 7) is 3.62. The number of hydrogen-bond donors (Lipinski definition) is 2. The minimum Gasteiger partial charge on any atom is -0.484 e. The predicted octanol–water partition coefficient (Wildman–Crippen LogP) is 2.02. The van der Waals surface area contributed by atoms with Crippen molar-refractivity contribution >= 4 is 17.5 Å². The van der Waals surface area contributed by atoms with Crippen LogP contribution in [-0.4, -0.2) is 39.7 Å². The molecule has 0 saturated heterocycles. The fourth-order valence-electron chi connectivity index (χ4n) is 2.58. The zero-order chi connectivity index (χ0) is 19.9. The van der Waals surface area contributed by atoms with Gasteiger partial charge in [0.2, 0.25) is 5.91 Å². The minimum absolute atomic E-state index is 0.139. The Kier molecular flexibility index (Phi) is 6.01. The number of hydrogen-bond acceptors (Lipinski definition) is 5. The molecule has 2 N–H and O–H groups in total. The fourth-order valence-corrected chi connectivity index (χ4v) is 2.58. The maximum absolute atomic E-state index is 12.0. The average molecular weight is 379 g/mol. The highest BCUT2D eigenvalue weighted by molar-refractivity contribution is 5.94. The molecule has 0 spiro atoms. The van der Waals surface area contributed by atoms with Crippen molar-refractivity contribution in [3.8, 4) is 11.4 Å². The molecule has 28 heavy (non-hydrogen) atoms. The number of amides is 2. The van der Waals surface area contributed by atoms with E-state index in [1.807, 2.05) is 32.0 Å². The second kappa shape index (κ2) is 8.81. The summed E-state index contributed by atoms with van der Waals surface area (Å²) in [5.74, 6) is -0.0392. The monoisotopic (exact) mass is 379 g/mol. The van der Waals surface area contributed by atoms with Crippen LogP contribution in [0.25, 0.3) is 5.69 Å². The van der Waals surface area contributed by atoms with Crippen molar-refractivity contribution < 1.29 is 14.3 Å². The summed E-state index contributed by atoms with van der Waals surface area (Å²) in [6.07, 6.45) is 3.03. The number of carbonyl (C=O) groups excluding carboxylic acids is 2. The second-order valence-electron chi connectivity index (χ2n) is 6.27. The summed E-state index contributed by atoms with van der Waals surface area (Å²) in [5, 5.41) is 9.29. The fraction of sp³-hybridized carbons (Fsp3) is 0.200. The lowest BCUT2D eigenvalue weighted by molar-refractivity contribution is -0.125. The Morgan fingerprint density at radius 1 is 1.07 bits per heavy atom. The smallest absolute Gasteiger partial charge is 0.258 e. The van der Waals surface area contributed by atoms with Crippen LogP contribution in [0.1, 0.15) is 11.1 Å². The van der Waals surface area contributed by atoms with Crippen LogP contribution in [0.2, 0.25) is 0 Å². The summed E-state index contributed by atoms with van der Waals surface area (Å²) in [5.41, 5.74) is 3.53. The van der Waals surface area contributed by atoms with Gasteiger partial charge in [0.25, 0.3) is 5.91 Å². The largest absolute Gasteiger partial charge is 0.484 e. The van der Waals surface area contributed by atoms with Gasteiger partial charge in [0, 0.05) is 5.69 Å². The summed E-state index contributed by atoms with van der Waals surface area (Å²) in [7, 11) is 0. The number of aromatic nitrogens is 3. The molecule has 8 nitrogen and oxygen atoms in total. The van der Waals surface area contributed by atoms with Crippen LogP contribution in [0.15, 0.2) is 55.1 Å². The molecule has 0 atom stereocenters. The third-order valence-corrected chi connectivity index (χ3v) is 3.97. The van der Waals surface area contributed by atoms with Crippen molar-refractivity contribution in [1.82, 2.24) is 20.1 Å². The molecule has 0 radical (unpaired) electrons. The van der Waals surface area contributed by atoms with E-state index in [1.165, 1.54) is 6.33 Å². The molecule has 0 unspecified atom stereocenters. The molecule has 8 heteroatoms. The molecule has 3 rings (SSSR count). The van der Waals surface area contributed by atoms with Crippen molar-refractivity contribution in [2.75, 3.05) is 18.5 Å². The molecule has 0 bridgehead atoms. The molecule has 0 aliphatic rings. The predicted molar refractivity (Wildman–Crippen MR) is 104 cm³/mol. The molecule has 0 fully saturated rings. The van der Waals surface area contributed by atoms with Gasteiger partial charge in [0.15, 0.2) is 6.61 Å². The number of nitrogens with one attached hydrogen (secondary N) is 2. The topological polar surface area (TPSA) is 98.1 Å². The van der Waals surface area contributed by atoms with Gasteiger partial charge < -0.3 is 15.4 Å². The summed E-state index contributed by atoms with van der Waals surface area (Å²) in [4.78, 5) is 27.8. The highest BCUT2D eigenvalue weighted by atomic mass is 16.5. The van der Waals surface area contributed by atoms with E-state index >= 15 is 0 Å². The first-order valence-electron chi connectivity index (χ1n) is 8.73. The van der Waals surface area contributed by atoms with Crippen molar-refractivity contribution in [2.24, 2.45) is 0 Å². The lowest BCUT2D eigenvalue weighted by Crippen LogP contribution is -2.35. The van der Waals surface area contributed by atoms with E-state index in [1.54, 1.807) is 35.3 Å². The lowest BCUT2D eigenvalue weighted by Gasteiger charge is -2.10. The number of aryl methyl sites for hydroxylation is 2. The molecular formula is C20H21N5O3. The van der Waals surface area contributed by atoms with E-state index in [0.717, 1.165) is 16.8 Å². The molecular weight excluding hydrogens is 358 g/mol. The van der Waals surface area contributed by atoms with Gasteiger partial charge in [-0.05, 0) is 49.7 Å². The quantitative estimate of drug-likeness (QED) is 0.654. The SMILES string of the molecule is Cc1ccc(OCC(=O)NCC(=O)Nc2ccc(-n3cncn3)cc2)c(C)c1. The van der Waals surface area contributed by atoms with Crippen molar-refractivity contribution in [3.63, 3.8) is 0 Å². The van der Waals surface area contributed by atoms with E-state index in [2.05, 4.69) is 20.7 Å². The number of carbonyl (C=O) groups is 2. The molecule has 1 heterocycles. The molecule has 3 aromatic rings. The van der Waals surface area contributed by atoms with Gasteiger partial charge in [0.05, 0.1) is 12.2 Å². The first-order valence-corrected chi connectivity index (χ1v) is 8.73. The summed E-state index contributed by atoms with van der Waals surface area (Å²) >= 11 is 0. The van der Waals surface area contributed by atoms with E-state index in [-0.39, 0.29) is 25.0 Å². The highest BCUT2D eigenvalue weighted by Gasteiger charge is 2.08. The Morgan fingerprint density at radius 2 is 1.86 bits per heavy atom. The van der Waals surface area contributed by atoms with Gasteiger partial charge in [-0.15, -0.1) is 0 Å². The van der Waals surface area contributed by atoms with Crippen LogP contribution in [-0.2, 0) is 9.59 Å². The number of rotatable bonds is 7. The lowest BCUT2D eigenvalue weighted by atomic mass is 10.1. The Bertz CT molecular complexity index is 952. The Morgan fingerprint density at radius 3 is 2.54 bits per heavy atom. The molecule has 2 aromatic carbocycles. The first kappa shape index (κ1) is 19.1. The standard InChI is InChI=1S/C20H21N5O3/c1-14-3-8-18(15(2)9-14)28-11-20(27)22-10-19(26)24-16-4-6-17(7-5-16)25-13-21-12-23-25/h3-9,12-13H,10-11H2,1-2H3,(H,22,27)(H,24,26). The van der Waals surface area contributed by atoms with Crippen LogP contribution in [0, 0.1) is 13.8 Å². The number of benzene rings is 2. The Labute approximate surface area is 162 Å². The molecule has 144 valence electrons. The van der Waals surface area contributed by atoms with E-state index in [9.17, 15) is 9.59 Å². The van der Waals surface area contributed by atoms with E-state index in [4.69, 9.17) is 4.74 Å². The van der Waals surface area contributed by atoms with Gasteiger partial charge in [-0.25, -0.2) is 9.67 Å². The highest BCUT2D eigenvalue weighted by Crippen LogP contribution is 2.18.